The number of rotatable bonds is 3. The van der Waals surface area contributed by atoms with Crippen molar-refractivity contribution in [2.24, 2.45) is 0 Å². The molecular formula is C17H13N3S. The number of nitrogens with zero attached hydrogens (tertiary/aromatic N) is 3. The van der Waals surface area contributed by atoms with Gasteiger partial charge in [-0.15, -0.1) is 0 Å². The summed E-state index contributed by atoms with van der Waals surface area (Å²) in [7, 11) is 0. The van der Waals surface area contributed by atoms with Crippen LogP contribution in [0, 0.1) is 18.3 Å². The average Bonchev–Trinajstić information content (AvgIpc) is 2.53. The van der Waals surface area contributed by atoms with Crippen molar-refractivity contribution < 1.29 is 0 Å². The van der Waals surface area contributed by atoms with Crippen molar-refractivity contribution in [3.8, 4) is 6.07 Å². The van der Waals surface area contributed by atoms with E-state index in [1.807, 2.05) is 43.5 Å². The average molecular weight is 291 g/mol. The SMILES string of the molecule is Cc1ccc(C#N)c(SCc2nccc3ccccc23)n1. The summed E-state index contributed by atoms with van der Waals surface area (Å²) in [6.45, 7) is 1.93. The number of aromatic nitrogens is 2. The zero-order valence-corrected chi connectivity index (χ0v) is 12.4. The zero-order chi connectivity index (χ0) is 14.7. The van der Waals surface area contributed by atoms with Crippen molar-refractivity contribution in [1.82, 2.24) is 9.97 Å². The Morgan fingerprint density at radius 2 is 2.00 bits per heavy atom. The maximum absolute atomic E-state index is 9.16. The summed E-state index contributed by atoms with van der Waals surface area (Å²) < 4.78 is 0. The van der Waals surface area contributed by atoms with E-state index in [-0.39, 0.29) is 0 Å². The first kappa shape index (κ1) is 13.6. The third-order valence-electron chi connectivity index (χ3n) is 3.22. The first-order valence-corrected chi connectivity index (χ1v) is 7.59. The molecule has 102 valence electrons. The van der Waals surface area contributed by atoms with Gasteiger partial charge in [0.25, 0.3) is 0 Å². The largest absolute Gasteiger partial charge is 0.260 e. The lowest BCUT2D eigenvalue weighted by molar-refractivity contribution is 1.04. The molecule has 0 bridgehead atoms. The molecule has 2 aromatic heterocycles. The maximum Gasteiger partial charge on any atom is 0.114 e. The minimum absolute atomic E-state index is 0.617. The van der Waals surface area contributed by atoms with Gasteiger partial charge in [0, 0.05) is 23.0 Å². The molecule has 0 saturated heterocycles. The topological polar surface area (TPSA) is 49.6 Å². The molecule has 0 fully saturated rings. The van der Waals surface area contributed by atoms with Gasteiger partial charge in [0.2, 0.25) is 0 Å². The van der Waals surface area contributed by atoms with Gasteiger partial charge in [0.15, 0.2) is 0 Å². The van der Waals surface area contributed by atoms with Crippen molar-refractivity contribution >= 4 is 22.5 Å². The molecule has 0 saturated carbocycles. The minimum atomic E-state index is 0.617. The van der Waals surface area contributed by atoms with Gasteiger partial charge in [0.05, 0.1) is 11.3 Å². The molecule has 3 aromatic rings. The number of benzene rings is 1. The van der Waals surface area contributed by atoms with Crippen LogP contribution >= 0.6 is 11.8 Å². The van der Waals surface area contributed by atoms with Crippen LogP contribution in [0.15, 0.2) is 53.7 Å². The van der Waals surface area contributed by atoms with Gasteiger partial charge in [0.1, 0.15) is 11.1 Å². The van der Waals surface area contributed by atoms with E-state index in [9.17, 15) is 0 Å². The van der Waals surface area contributed by atoms with Crippen molar-refractivity contribution in [2.45, 2.75) is 17.7 Å². The molecular weight excluding hydrogens is 278 g/mol. The first-order chi connectivity index (χ1) is 10.3. The second-order valence-corrected chi connectivity index (χ2v) is 5.65. The highest BCUT2D eigenvalue weighted by Gasteiger charge is 2.08. The molecule has 0 aliphatic carbocycles. The molecule has 2 heterocycles. The molecule has 21 heavy (non-hydrogen) atoms. The predicted octanol–water partition coefficient (Wildman–Crippen LogP) is 4.10. The van der Waals surface area contributed by atoms with Gasteiger partial charge in [-0.3, -0.25) is 4.98 Å². The quantitative estimate of drug-likeness (QED) is 0.682. The van der Waals surface area contributed by atoms with Gasteiger partial charge >= 0.3 is 0 Å². The second kappa shape index (κ2) is 5.94. The highest BCUT2D eigenvalue weighted by molar-refractivity contribution is 7.98. The second-order valence-electron chi connectivity index (χ2n) is 4.68. The van der Waals surface area contributed by atoms with E-state index in [1.54, 1.807) is 11.8 Å². The number of aryl methyl sites for hydroxylation is 1. The first-order valence-electron chi connectivity index (χ1n) is 6.61. The summed E-state index contributed by atoms with van der Waals surface area (Å²) >= 11 is 1.56. The molecule has 3 rings (SSSR count). The van der Waals surface area contributed by atoms with Crippen LogP contribution in [0.4, 0.5) is 0 Å². The fourth-order valence-electron chi connectivity index (χ4n) is 2.16. The maximum atomic E-state index is 9.16. The lowest BCUT2D eigenvalue weighted by Gasteiger charge is -2.06. The summed E-state index contributed by atoms with van der Waals surface area (Å²) in [5.41, 5.74) is 2.55. The fraction of sp³-hybridized carbons (Fsp3) is 0.118. The zero-order valence-electron chi connectivity index (χ0n) is 11.6. The monoisotopic (exact) mass is 291 g/mol. The van der Waals surface area contributed by atoms with E-state index < -0.39 is 0 Å². The summed E-state index contributed by atoms with van der Waals surface area (Å²) in [5, 5.41) is 12.3. The minimum Gasteiger partial charge on any atom is -0.260 e. The molecule has 0 unspecified atom stereocenters. The summed E-state index contributed by atoms with van der Waals surface area (Å²) in [6.07, 6.45) is 1.83. The predicted molar refractivity (Wildman–Crippen MR) is 85.0 cm³/mol. The number of hydrogen-bond acceptors (Lipinski definition) is 4. The van der Waals surface area contributed by atoms with E-state index in [4.69, 9.17) is 5.26 Å². The van der Waals surface area contributed by atoms with Gasteiger partial charge < -0.3 is 0 Å². The van der Waals surface area contributed by atoms with Crippen LogP contribution in [0.5, 0.6) is 0 Å². The van der Waals surface area contributed by atoms with Crippen LogP contribution in [0.3, 0.4) is 0 Å². The number of fused-ring (bicyclic) bond motifs is 1. The Kier molecular flexibility index (Phi) is 3.85. The highest BCUT2D eigenvalue weighted by Crippen LogP contribution is 2.27. The lowest BCUT2D eigenvalue weighted by Crippen LogP contribution is -1.93. The van der Waals surface area contributed by atoms with E-state index in [1.165, 1.54) is 5.39 Å². The third-order valence-corrected chi connectivity index (χ3v) is 4.22. The summed E-state index contributed by atoms with van der Waals surface area (Å²) in [5.74, 6) is 0.701. The highest BCUT2D eigenvalue weighted by atomic mass is 32.2. The van der Waals surface area contributed by atoms with Gasteiger partial charge in [-0.2, -0.15) is 5.26 Å². The standard InChI is InChI=1S/C17H13N3S/c1-12-6-7-14(10-18)17(20-12)21-11-16-15-5-3-2-4-13(15)8-9-19-16/h2-9H,11H2,1H3. The number of hydrogen-bond donors (Lipinski definition) is 0. The molecule has 0 atom stereocenters. The number of pyridine rings is 2. The van der Waals surface area contributed by atoms with Crippen LogP contribution in [-0.2, 0) is 5.75 Å². The molecule has 0 aliphatic heterocycles. The molecule has 1 aromatic carbocycles. The van der Waals surface area contributed by atoms with Gasteiger partial charge in [-0.05, 0) is 30.5 Å². The Bertz CT molecular complexity index is 832. The van der Waals surface area contributed by atoms with E-state index in [0.29, 0.717) is 11.3 Å². The summed E-state index contributed by atoms with van der Waals surface area (Å²) in [6, 6.07) is 16.1. The van der Waals surface area contributed by atoms with Crippen LogP contribution in [-0.4, -0.2) is 9.97 Å². The van der Waals surface area contributed by atoms with Crippen LogP contribution < -0.4 is 0 Å². The molecule has 0 N–H and O–H groups in total. The molecule has 3 nitrogen and oxygen atoms in total. The Balaban J connectivity index is 1.91. The van der Waals surface area contributed by atoms with Crippen molar-refractivity contribution in [2.75, 3.05) is 0 Å². The number of nitriles is 1. The fourth-order valence-corrected chi connectivity index (χ4v) is 3.14. The van der Waals surface area contributed by atoms with Gasteiger partial charge in [-0.1, -0.05) is 36.0 Å². The van der Waals surface area contributed by atoms with Crippen molar-refractivity contribution in [3.63, 3.8) is 0 Å². The summed E-state index contributed by atoms with van der Waals surface area (Å²) in [4.78, 5) is 8.92. The number of thioether (sulfide) groups is 1. The van der Waals surface area contributed by atoms with Crippen molar-refractivity contribution in [3.05, 3.63) is 65.6 Å². The van der Waals surface area contributed by atoms with Crippen LogP contribution in [0.25, 0.3) is 10.8 Å². The smallest absolute Gasteiger partial charge is 0.114 e. The Labute approximate surface area is 127 Å². The van der Waals surface area contributed by atoms with E-state index >= 15 is 0 Å². The third kappa shape index (κ3) is 2.88. The molecule has 0 radical (unpaired) electrons. The molecule has 4 heteroatoms. The van der Waals surface area contributed by atoms with Crippen LogP contribution in [0.2, 0.25) is 0 Å². The Hall–Kier alpha value is -2.38. The Morgan fingerprint density at radius 3 is 2.86 bits per heavy atom. The lowest BCUT2D eigenvalue weighted by atomic mass is 10.1. The normalized spacial score (nSPS) is 10.5. The van der Waals surface area contributed by atoms with E-state index in [0.717, 1.165) is 21.8 Å². The van der Waals surface area contributed by atoms with Crippen LogP contribution in [0.1, 0.15) is 17.0 Å². The van der Waals surface area contributed by atoms with Gasteiger partial charge in [-0.25, -0.2) is 4.98 Å². The van der Waals surface area contributed by atoms with Crippen molar-refractivity contribution in [1.29, 1.82) is 5.26 Å². The Morgan fingerprint density at radius 1 is 1.14 bits per heavy atom. The van der Waals surface area contributed by atoms with E-state index in [2.05, 4.69) is 28.2 Å². The molecule has 0 aliphatic rings. The molecule has 0 spiro atoms. The molecule has 0 amide bonds.